The maximum absolute atomic E-state index is 12.6. The summed E-state index contributed by atoms with van der Waals surface area (Å²) >= 11 is 0. The number of phenolic OH excluding ortho intramolecular Hbond substituents is 2. The first kappa shape index (κ1) is 22.8. The van der Waals surface area contributed by atoms with Crippen molar-refractivity contribution in [1.82, 2.24) is 0 Å². The van der Waals surface area contributed by atoms with E-state index >= 15 is 0 Å². The van der Waals surface area contributed by atoms with Crippen LogP contribution in [0.25, 0.3) is 22.3 Å². The zero-order valence-electron chi connectivity index (χ0n) is 17.3. The van der Waals surface area contributed by atoms with Crippen LogP contribution in [0.4, 0.5) is 0 Å². The van der Waals surface area contributed by atoms with Crippen molar-refractivity contribution >= 4 is 11.0 Å². The van der Waals surface area contributed by atoms with E-state index in [-0.39, 0.29) is 16.7 Å². The first-order valence-electron chi connectivity index (χ1n) is 9.89. The fraction of sp³-hybridized carbons (Fsp3) is 0.318. The molecule has 176 valence electrons. The maximum atomic E-state index is 12.6. The summed E-state index contributed by atoms with van der Waals surface area (Å²) in [4.78, 5) is 12.6. The molecule has 0 spiro atoms. The lowest BCUT2D eigenvalue weighted by Gasteiger charge is -2.39. The number of aliphatic hydroxyl groups is 4. The molecule has 1 fully saturated rings. The second kappa shape index (κ2) is 8.89. The van der Waals surface area contributed by atoms with E-state index in [1.165, 1.54) is 7.11 Å². The van der Waals surface area contributed by atoms with Crippen LogP contribution in [0.2, 0.25) is 0 Å². The van der Waals surface area contributed by atoms with E-state index in [1.54, 1.807) is 24.3 Å². The lowest BCUT2D eigenvalue weighted by molar-refractivity contribution is -0.277. The number of benzene rings is 2. The highest BCUT2D eigenvalue weighted by Crippen LogP contribution is 2.42. The van der Waals surface area contributed by atoms with Crippen LogP contribution < -0.4 is 14.9 Å². The molecular formula is C22H22O11. The van der Waals surface area contributed by atoms with E-state index in [4.69, 9.17) is 18.6 Å². The molecule has 5 atom stereocenters. The van der Waals surface area contributed by atoms with E-state index < -0.39 is 60.0 Å². The second-order valence-electron chi connectivity index (χ2n) is 7.46. The monoisotopic (exact) mass is 462 g/mol. The predicted octanol–water partition coefficient (Wildman–Crippen LogP) is 0.0585. The Bertz CT molecular complexity index is 1200. The van der Waals surface area contributed by atoms with Crippen LogP contribution in [0.1, 0.15) is 0 Å². The largest absolute Gasteiger partial charge is 0.504 e. The van der Waals surface area contributed by atoms with E-state index in [0.717, 1.165) is 12.1 Å². The van der Waals surface area contributed by atoms with Gasteiger partial charge in [-0.05, 0) is 24.3 Å². The summed E-state index contributed by atoms with van der Waals surface area (Å²) in [6.07, 6.45) is -7.94. The number of ether oxygens (including phenoxy) is 3. The van der Waals surface area contributed by atoms with Gasteiger partial charge in [0.2, 0.25) is 12.0 Å². The molecule has 0 aliphatic carbocycles. The van der Waals surface area contributed by atoms with E-state index in [9.17, 15) is 35.4 Å². The quantitative estimate of drug-likeness (QED) is 0.282. The highest BCUT2D eigenvalue weighted by Gasteiger charge is 2.45. The van der Waals surface area contributed by atoms with Gasteiger partial charge in [-0.2, -0.15) is 0 Å². The summed E-state index contributed by atoms with van der Waals surface area (Å²) in [7, 11) is 1.51. The number of hydrogen-bond acceptors (Lipinski definition) is 11. The van der Waals surface area contributed by atoms with Crippen LogP contribution in [0.5, 0.6) is 23.0 Å². The molecule has 0 unspecified atom stereocenters. The minimum atomic E-state index is -1.75. The van der Waals surface area contributed by atoms with Crippen molar-refractivity contribution < 1.29 is 49.3 Å². The Morgan fingerprint density at radius 2 is 1.67 bits per heavy atom. The fourth-order valence-electron chi connectivity index (χ4n) is 3.55. The molecule has 11 nitrogen and oxygen atoms in total. The molecule has 33 heavy (non-hydrogen) atoms. The van der Waals surface area contributed by atoms with Crippen LogP contribution in [0.3, 0.4) is 0 Å². The fourth-order valence-corrected chi connectivity index (χ4v) is 3.55. The van der Waals surface area contributed by atoms with Gasteiger partial charge in [0, 0.05) is 17.7 Å². The van der Waals surface area contributed by atoms with Crippen LogP contribution in [-0.4, -0.2) is 75.1 Å². The average Bonchev–Trinajstić information content (AvgIpc) is 2.82. The third kappa shape index (κ3) is 4.08. The van der Waals surface area contributed by atoms with Crippen molar-refractivity contribution in [2.24, 2.45) is 0 Å². The molecule has 0 radical (unpaired) electrons. The second-order valence-corrected chi connectivity index (χ2v) is 7.46. The smallest absolute Gasteiger partial charge is 0.229 e. The first-order chi connectivity index (χ1) is 15.7. The SMILES string of the molecule is COc1ccc(-c2cc(=O)c3c(O)c(O)c(O[C@@H]4O[C@H](CO)[C@@H](O)[C@@H](O)[C@@H]4O)cc3o2)cc1. The Labute approximate surface area is 186 Å². The van der Waals surface area contributed by atoms with Gasteiger partial charge in [-0.25, -0.2) is 0 Å². The summed E-state index contributed by atoms with van der Waals surface area (Å²) in [6, 6.07) is 8.92. The third-order valence-corrected chi connectivity index (χ3v) is 5.40. The van der Waals surface area contributed by atoms with Gasteiger partial charge in [0.05, 0.1) is 13.7 Å². The topological polar surface area (TPSA) is 179 Å². The molecule has 1 aliphatic heterocycles. The molecule has 11 heteroatoms. The van der Waals surface area contributed by atoms with Gasteiger partial charge in [-0.1, -0.05) is 0 Å². The van der Waals surface area contributed by atoms with Gasteiger partial charge in [-0.3, -0.25) is 4.79 Å². The number of aliphatic hydroxyl groups excluding tert-OH is 4. The van der Waals surface area contributed by atoms with Crippen molar-refractivity contribution in [1.29, 1.82) is 0 Å². The van der Waals surface area contributed by atoms with Gasteiger partial charge < -0.3 is 49.3 Å². The minimum absolute atomic E-state index is 0.136. The van der Waals surface area contributed by atoms with E-state index in [0.29, 0.717) is 11.3 Å². The molecule has 1 aromatic heterocycles. The molecule has 0 bridgehead atoms. The molecule has 0 amide bonds. The predicted molar refractivity (Wildman–Crippen MR) is 112 cm³/mol. The van der Waals surface area contributed by atoms with Gasteiger partial charge in [0.15, 0.2) is 16.9 Å². The van der Waals surface area contributed by atoms with Crippen LogP contribution in [-0.2, 0) is 4.74 Å². The lowest BCUT2D eigenvalue weighted by atomic mass is 9.99. The molecular weight excluding hydrogens is 440 g/mol. The highest BCUT2D eigenvalue weighted by atomic mass is 16.7. The summed E-state index contributed by atoms with van der Waals surface area (Å²) in [5.74, 6) is -1.32. The summed E-state index contributed by atoms with van der Waals surface area (Å²) in [5.41, 5.74) is -0.226. The minimum Gasteiger partial charge on any atom is -0.504 e. The van der Waals surface area contributed by atoms with Gasteiger partial charge >= 0.3 is 0 Å². The van der Waals surface area contributed by atoms with E-state index in [1.807, 2.05) is 0 Å². The van der Waals surface area contributed by atoms with Gasteiger partial charge in [0.25, 0.3) is 0 Å². The Morgan fingerprint density at radius 1 is 0.970 bits per heavy atom. The Hall–Kier alpha value is -3.35. The molecule has 1 saturated heterocycles. The Morgan fingerprint density at radius 3 is 2.30 bits per heavy atom. The number of hydrogen-bond donors (Lipinski definition) is 6. The van der Waals surface area contributed by atoms with Crippen molar-refractivity contribution in [3.8, 4) is 34.3 Å². The molecule has 4 rings (SSSR count). The lowest BCUT2D eigenvalue weighted by Crippen LogP contribution is -2.60. The van der Waals surface area contributed by atoms with Crippen LogP contribution in [0, 0.1) is 0 Å². The average molecular weight is 462 g/mol. The summed E-state index contributed by atoms with van der Waals surface area (Å²) < 4.78 is 21.5. The number of phenols is 2. The number of aromatic hydroxyl groups is 2. The molecule has 2 aromatic carbocycles. The molecule has 2 heterocycles. The van der Waals surface area contributed by atoms with Crippen molar-refractivity contribution in [3.63, 3.8) is 0 Å². The first-order valence-corrected chi connectivity index (χ1v) is 9.89. The summed E-state index contributed by atoms with van der Waals surface area (Å²) in [5, 5.41) is 59.7. The maximum Gasteiger partial charge on any atom is 0.229 e. The number of rotatable bonds is 5. The summed E-state index contributed by atoms with van der Waals surface area (Å²) in [6.45, 7) is -0.681. The van der Waals surface area contributed by atoms with Crippen molar-refractivity contribution in [2.75, 3.05) is 13.7 Å². The van der Waals surface area contributed by atoms with E-state index in [2.05, 4.69) is 0 Å². The standard InChI is InChI=1S/C22H22O11/c1-30-10-4-2-9(3-5-10)12-6-11(24)16-13(31-12)7-14(17(25)19(16)27)32-22-21(29)20(28)18(26)15(8-23)33-22/h2-7,15,18,20-23,25-29H,8H2,1H3/t15-,18-,20-,21+,22-/m1/s1. The Kier molecular flexibility index (Phi) is 6.15. The zero-order chi connectivity index (χ0) is 23.9. The van der Waals surface area contributed by atoms with Crippen LogP contribution in [0.15, 0.2) is 45.6 Å². The van der Waals surface area contributed by atoms with Gasteiger partial charge in [-0.15, -0.1) is 0 Å². The highest BCUT2D eigenvalue weighted by molar-refractivity contribution is 5.89. The third-order valence-electron chi connectivity index (χ3n) is 5.40. The zero-order valence-corrected chi connectivity index (χ0v) is 17.3. The molecule has 6 N–H and O–H groups in total. The van der Waals surface area contributed by atoms with Crippen molar-refractivity contribution in [3.05, 3.63) is 46.6 Å². The number of fused-ring (bicyclic) bond motifs is 1. The molecule has 0 saturated carbocycles. The van der Waals surface area contributed by atoms with Gasteiger partial charge in [0.1, 0.15) is 46.9 Å². The Balaban J connectivity index is 1.75. The van der Waals surface area contributed by atoms with Crippen molar-refractivity contribution in [2.45, 2.75) is 30.7 Å². The van der Waals surface area contributed by atoms with Crippen LogP contribution >= 0.6 is 0 Å². The number of methoxy groups -OCH3 is 1. The normalized spacial score (nSPS) is 25.2. The molecule has 1 aliphatic rings. The molecule has 3 aromatic rings.